The minimum atomic E-state index is 0. The molecule has 0 aliphatic carbocycles. The maximum atomic E-state index is 3.11. The van der Waals surface area contributed by atoms with Gasteiger partial charge in [-0.15, -0.1) is 0 Å². The Morgan fingerprint density at radius 3 is 1.77 bits per heavy atom. The van der Waals surface area contributed by atoms with Crippen LogP contribution in [-0.4, -0.2) is 30.5 Å². The van der Waals surface area contributed by atoms with Crippen molar-refractivity contribution in [2.24, 2.45) is 0 Å². The average Bonchev–Trinajstić information content (AvgIpc) is 2.08. The van der Waals surface area contributed by atoms with Crippen molar-refractivity contribution in [1.82, 2.24) is 5.32 Å². The van der Waals surface area contributed by atoms with Crippen LogP contribution >= 0.6 is 0 Å². The van der Waals surface area contributed by atoms with Crippen LogP contribution < -0.4 is 5.32 Å². The van der Waals surface area contributed by atoms with Crippen molar-refractivity contribution in [3.05, 3.63) is 35.9 Å². The fraction of sp³-hybridized carbons (Fsp3) is 0.455. The highest BCUT2D eigenvalue weighted by atomic mass is 27.0. The second-order valence-electron chi connectivity index (χ2n) is 2.53. The highest BCUT2D eigenvalue weighted by Crippen LogP contribution is 1.91. The molecule has 0 bridgehead atoms. The van der Waals surface area contributed by atoms with Gasteiger partial charge in [-0.2, -0.15) is 0 Å². The summed E-state index contributed by atoms with van der Waals surface area (Å²) >= 11 is 0. The SMILES string of the molecule is CCNCC.Cc1cc[c]cc1.[AlH3]. The lowest BCUT2D eigenvalue weighted by Gasteiger charge is -1.86. The zero-order chi connectivity index (χ0) is 9.23. The van der Waals surface area contributed by atoms with Crippen LogP contribution in [0.1, 0.15) is 19.4 Å². The summed E-state index contributed by atoms with van der Waals surface area (Å²) in [5, 5.41) is 3.11. The summed E-state index contributed by atoms with van der Waals surface area (Å²) in [6.45, 7) is 8.45. The molecule has 0 saturated carbocycles. The first-order chi connectivity index (χ1) is 5.81. The van der Waals surface area contributed by atoms with Crippen LogP contribution in [0.5, 0.6) is 0 Å². The van der Waals surface area contributed by atoms with Gasteiger partial charge < -0.3 is 5.32 Å². The van der Waals surface area contributed by atoms with Crippen LogP contribution in [0.4, 0.5) is 0 Å². The summed E-state index contributed by atoms with van der Waals surface area (Å²) in [6, 6.07) is 10.8. The lowest BCUT2D eigenvalue weighted by molar-refractivity contribution is 0.762. The Bertz CT molecular complexity index is 173. The number of rotatable bonds is 2. The predicted octanol–water partition coefficient (Wildman–Crippen LogP) is 1.23. The van der Waals surface area contributed by atoms with Crippen molar-refractivity contribution in [2.75, 3.05) is 13.1 Å². The van der Waals surface area contributed by atoms with Crippen molar-refractivity contribution in [1.29, 1.82) is 0 Å². The lowest BCUT2D eigenvalue weighted by atomic mass is 10.2. The van der Waals surface area contributed by atoms with Gasteiger partial charge in [-0.05, 0) is 26.1 Å². The lowest BCUT2D eigenvalue weighted by Crippen LogP contribution is -2.09. The zero-order valence-electron chi connectivity index (χ0n) is 8.22. The summed E-state index contributed by atoms with van der Waals surface area (Å²) in [5.41, 5.74) is 1.29. The van der Waals surface area contributed by atoms with Gasteiger partial charge in [-0.1, -0.05) is 43.7 Å². The number of nitrogens with one attached hydrogen (secondary N) is 1. The van der Waals surface area contributed by atoms with Crippen molar-refractivity contribution in [3.63, 3.8) is 0 Å². The molecule has 13 heavy (non-hydrogen) atoms. The van der Waals surface area contributed by atoms with Gasteiger partial charge in [0, 0.05) is 0 Å². The fourth-order valence-corrected chi connectivity index (χ4v) is 0.720. The number of hydrogen-bond donors (Lipinski definition) is 1. The van der Waals surface area contributed by atoms with E-state index >= 15 is 0 Å². The van der Waals surface area contributed by atoms with Crippen molar-refractivity contribution in [2.45, 2.75) is 20.8 Å². The van der Waals surface area contributed by atoms with Crippen molar-refractivity contribution < 1.29 is 0 Å². The van der Waals surface area contributed by atoms with Gasteiger partial charge >= 0.3 is 0 Å². The molecule has 1 aromatic rings. The van der Waals surface area contributed by atoms with E-state index < -0.39 is 0 Å². The maximum absolute atomic E-state index is 3.11. The predicted molar refractivity (Wildman–Crippen MR) is 64.2 cm³/mol. The van der Waals surface area contributed by atoms with E-state index in [1.54, 1.807) is 0 Å². The van der Waals surface area contributed by atoms with Crippen LogP contribution in [0, 0.1) is 13.0 Å². The van der Waals surface area contributed by atoms with E-state index in [2.05, 4.69) is 32.2 Å². The van der Waals surface area contributed by atoms with Crippen LogP contribution in [0.3, 0.4) is 0 Å². The Morgan fingerprint density at radius 1 is 1.15 bits per heavy atom. The van der Waals surface area contributed by atoms with Crippen LogP contribution in [-0.2, 0) is 0 Å². The summed E-state index contributed by atoms with van der Waals surface area (Å²) in [5.74, 6) is 0. The summed E-state index contributed by atoms with van der Waals surface area (Å²) < 4.78 is 0. The molecular weight excluding hydrogens is 173 g/mol. The third-order valence-corrected chi connectivity index (χ3v) is 1.38. The van der Waals surface area contributed by atoms with E-state index in [1.165, 1.54) is 5.56 Å². The summed E-state index contributed by atoms with van der Waals surface area (Å²) in [6.07, 6.45) is 0. The molecule has 0 unspecified atom stereocenters. The van der Waals surface area contributed by atoms with Gasteiger partial charge in [0.1, 0.15) is 0 Å². The summed E-state index contributed by atoms with van der Waals surface area (Å²) in [7, 11) is 0. The molecule has 0 heterocycles. The van der Waals surface area contributed by atoms with Crippen molar-refractivity contribution in [3.8, 4) is 0 Å². The fourth-order valence-electron chi connectivity index (χ4n) is 0.720. The Labute approximate surface area is 92.7 Å². The van der Waals surface area contributed by atoms with E-state index in [-0.39, 0.29) is 17.4 Å². The number of benzene rings is 1. The normalized spacial score (nSPS) is 7.92. The van der Waals surface area contributed by atoms with E-state index in [0.29, 0.717) is 0 Å². The molecule has 0 aliphatic heterocycles. The second kappa shape index (κ2) is 11.7. The first kappa shape index (κ1) is 15.2. The average molecular weight is 194 g/mol. The minimum absolute atomic E-state index is 0. The van der Waals surface area contributed by atoms with Crippen LogP contribution in [0.25, 0.3) is 0 Å². The molecule has 0 spiro atoms. The third kappa shape index (κ3) is 11.7. The molecule has 0 fully saturated rings. The van der Waals surface area contributed by atoms with Gasteiger partial charge in [-0.25, -0.2) is 0 Å². The molecule has 73 valence electrons. The van der Waals surface area contributed by atoms with Crippen molar-refractivity contribution >= 4 is 17.4 Å². The maximum Gasteiger partial charge on any atom is 0.187 e. The van der Waals surface area contributed by atoms with Gasteiger partial charge in [-0.3, -0.25) is 0 Å². The van der Waals surface area contributed by atoms with Gasteiger partial charge in [0.15, 0.2) is 17.4 Å². The molecule has 1 N–H and O–H groups in total. The molecule has 0 amide bonds. The number of hydrogen-bond acceptors (Lipinski definition) is 1. The Kier molecular flexibility index (Phi) is 13.7. The topological polar surface area (TPSA) is 12.0 Å². The second-order valence-corrected chi connectivity index (χ2v) is 2.53. The van der Waals surface area contributed by atoms with Crippen LogP contribution in [0.2, 0.25) is 0 Å². The van der Waals surface area contributed by atoms with Crippen LogP contribution in [0.15, 0.2) is 24.3 Å². The van der Waals surface area contributed by atoms with E-state index in [9.17, 15) is 0 Å². The van der Waals surface area contributed by atoms with Gasteiger partial charge in [0.05, 0.1) is 0 Å². The molecule has 2 heteroatoms. The Hall–Kier alpha value is -0.288. The van der Waals surface area contributed by atoms with E-state index in [4.69, 9.17) is 0 Å². The Morgan fingerprint density at radius 2 is 1.62 bits per heavy atom. The highest BCUT2D eigenvalue weighted by Gasteiger charge is 1.72. The van der Waals surface area contributed by atoms with E-state index in [1.807, 2.05) is 24.3 Å². The third-order valence-electron chi connectivity index (χ3n) is 1.38. The molecule has 0 aliphatic rings. The smallest absolute Gasteiger partial charge is 0.187 e. The van der Waals surface area contributed by atoms with E-state index in [0.717, 1.165) is 13.1 Å². The first-order valence-electron chi connectivity index (χ1n) is 4.44. The highest BCUT2D eigenvalue weighted by molar-refractivity contribution is 5.75. The first-order valence-corrected chi connectivity index (χ1v) is 4.44. The molecule has 1 radical (unpaired) electrons. The molecule has 0 saturated heterocycles. The molecule has 1 rings (SSSR count). The Balaban J connectivity index is 0. The summed E-state index contributed by atoms with van der Waals surface area (Å²) in [4.78, 5) is 0. The monoisotopic (exact) mass is 194 g/mol. The molecular formula is C11H21AlN. The molecule has 1 aromatic carbocycles. The molecule has 0 atom stereocenters. The van der Waals surface area contributed by atoms with Gasteiger partial charge in [0.2, 0.25) is 0 Å². The zero-order valence-corrected chi connectivity index (χ0v) is 8.22. The quantitative estimate of drug-likeness (QED) is 0.698. The number of aryl methyl sites for hydroxylation is 1. The molecule has 1 nitrogen and oxygen atoms in total. The standard InChI is InChI=1S/C7H7.C4H11N.Al.3H/c1-7-5-3-2-4-6-7;1-3-5-4-2;;;;/h3-6H,1H3;5H,3-4H2,1-2H3;;;;. The largest absolute Gasteiger partial charge is 0.317 e. The minimum Gasteiger partial charge on any atom is -0.317 e. The van der Waals surface area contributed by atoms with Gasteiger partial charge in [0.25, 0.3) is 0 Å². The molecule has 0 aromatic heterocycles.